The van der Waals surface area contributed by atoms with E-state index in [4.69, 9.17) is 16.0 Å². The van der Waals surface area contributed by atoms with Gasteiger partial charge in [0.2, 0.25) is 5.89 Å². The fraction of sp³-hybridized carbons (Fsp3) is 0.143. The molecule has 2 aromatic heterocycles. The lowest BCUT2D eigenvalue weighted by molar-refractivity contribution is 0.532. The molecule has 0 spiro atoms. The summed E-state index contributed by atoms with van der Waals surface area (Å²) in [6.07, 6.45) is 1.29. The Morgan fingerprint density at radius 3 is 2.86 bits per heavy atom. The van der Waals surface area contributed by atoms with Crippen LogP contribution in [-0.2, 0) is 0 Å². The number of hydrogen-bond donors (Lipinski definition) is 1. The molecule has 1 N–H and O–H groups in total. The van der Waals surface area contributed by atoms with E-state index in [1.165, 1.54) is 6.20 Å². The zero-order valence-corrected chi connectivity index (χ0v) is 7.87. The van der Waals surface area contributed by atoms with Crippen molar-refractivity contribution in [2.24, 2.45) is 0 Å². The second-order valence-electron chi connectivity index (χ2n) is 2.54. The lowest BCUT2D eigenvalue weighted by atomic mass is 10.3. The molecule has 0 bridgehead atoms. The number of halogens is 1. The van der Waals surface area contributed by atoms with Crippen LogP contribution in [-0.4, -0.2) is 20.2 Å². The third-order valence-electron chi connectivity index (χ3n) is 1.52. The molecular weight excluding hydrogens is 208 g/mol. The number of nitrogens with zero attached hydrogens (tertiary/aromatic N) is 3. The van der Waals surface area contributed by atoms with Gasteiger partial charge in [0.1, 0.15) is 5.15 Å². The van der Waals surface area contributed by atoms with Crippen LogP contribution in [0.5, 0.6) is 0 Å². The zero-order valence-electron chi connectivity index (χ0n) is 7.11. The molecule has 2 heterocycles. The van der Waals surface area contributed by atoms with Crippen molar-refractivity contribution in [2.75, 3.05) is 0 Å². The van der Waals surface area contributed by atoms with Crippen LogP contribution in [0.1, 0.15) is 5.89 Å². The maximum atomic E-state index is 10.8. The summed E-state index contributed by atoms with van der Waals surface area (Å²) in [5.41, 5.74) is -0.109. The van der Waals surface area contributed by atoms with Gasteiger partial charge in [0, 0.05) is 13.1 Å². The minimum Gasteiger partial charge on any atom is -0.421 e. The van der Waals surface area contributed by atoms with Crippen molar-refractivity contribution in [3.05, 3.63) is 27.7 Å². The molecule has 0 fully saturated rings. The first-order valence-electron chi connectivity index (χ1n) is 3.72. The van der Waals surface area contributed by atoms with Gasteiger partial charge in [-0.25, -0.2) is 9.78 Å². The highest BCUT2D eigenvalue weighted by Crippen LogP contribution is 2.22. The maximum Gasteiger partial charge on any atom is 0.346 e. The lowest BCUT2D eigenvalue weighted by Crippen LogP contribution is -2.09. The second kappa shape index (κ2) is 3.22. The normalized spacial score (nSPS) is 10.4. The summed E-state index contributed by atoms with van der Waals surface area (Å²) < 4.78 is 5.12. The summed E-state index contributed by atoms with van der Waals surface area (Å²) in [6, 6.07) is 0. The van der Waals surface area contributed by atoms with Gasteiger partial charge < -0.3 is 4.42 Å². The van der Waals surface area contributed by atoms with Crippen LogP contribution in [0.15, 0.2) is 15.4 Å². The Labute approximate surface area is 83.0 Å². The van der Waals surface area contributed by atoms with E-state index < -0.39 is 5.69 Å². The van der Waals surface area contributed by atoms with Crippen LogP contribution in [0.2, 0.25) is 5.15 Å². The summed E-state index contributed by atoms with van der Waals surface area (Å²) in [4.78, 5) is 16.6. The smallest absolute Gasteiger partial charge is 0.346 e. The molecule has 0 atom stereocenters. The molecule has 2 aromatic rings. The Balaban J connectivity index is 2.57. The first-order valence-corrected chi connectivity index (χ1v) is 4.10. The van der Waals surface area contributed by atoms with Crippen LogP contribution in [0.3, 0.4) is 0 Å². The van der Waals surface area contributed by atoms with E-state index in [1.54, 1.807) is 6.92 Å². The van der Waals surface area contributed by atoms with Gasteiger partial charge in [-0.1, -0.05) is 11.6 Å². The lowest BCUT2D eigenvalue weighted by Gasteiger charge is -1.95. The van der Waals surface area contributed by atoms with Crippen LogP contribution in [0.4, 0.5) is 0 Å². The quantitative estimate of drug-likeness (QED) is 0.706. The molecule has 0 aliphatic carbocycles. The number of aromatic amines is 1. The molecule has 0 aliphatic heterocycles. The van der Waals surface area contributed by atoms with Gasteiger partial charge in [0.05, 0.1) is 5.56 Å². The molecule has 7 heteroatoms. The fourth-order valence-corrected chi connectivity index (χ4v) is 1.14. The number of nitrogens with one attached hydrogen (secondary N) is 1. The zero-order chi connectivity index (χ0) is 10.1. The predicted octanol–water partition coefficient (Wildman–Crippen LogP) is 0.782. The van der Waals surface area contributed by atoms with Crippen molar-refractivity contribution in [2.45, 2.75) is 6.92 Å². The number of rotatable bonds is 1. The molecule has 0 saturated heterocycles. The van der Waals surface area contributed by atoms with Crippen LogP contribution in [0, 0.1) is 6.92 Å². The number of hydrogen-bond acceptors (Lipinski definition) is 5. The largest absolute Gasteiger partial charge is 0.421 e. The summed E-state index contributed by atoms with van der Waals surface area (Å²) in [5, 5.41) is 7.51. The minimum absolute atomic E-state index is 0.133. The summed E-state index contributed by atoms with van der Waals surface area (Å²) in [5.74, 6) is 0.651. The molecule has 0 amide bonds. The molecule has 72 valence electrons. The average Bonchev–Trinajstić information content (AvgIpc) is 2.51. The first-order chi connectivity index (χ1) is 6.66. The highest BCUT2D eigenvalue weighted by Gasteiger charge is 2.11. The van der Waals surface area contributed by atoms with Gasteiger partial charge in [0.15, 0.2) is 0 Å². The van der Waals surface area contributed by atoms with Crippen molar-refractivity contribution in [1.82, 2.24) is 20.2 Å². The molecule has 2 rings (SSSR count). The molecule has 0 aromatic carbocycles. The standard InChI is InChI=1S/C7H5ClN4O2/c1-3-11-12-6(14-3)4-2-9-7(13)10-5(4)8/h2H,1H3,(H,9,10,13). The summed E-state index contributed by atoms with van der Waals surface area (Å²) in [6.45, 7) is 1.66. The molecule has 6 nitrogen and oxygen atoms in total. The SMILES string of the molecule is Cc1nnc(-c2cnc(=O)[nH]c2Cl)o1. The van der Waals surface area contributed by atoms with Crippen molar-refractivity contribution in [3.63, 3.8) is 0 Å². The summed E-state index contributed by atoms with van der Waals surface area (Å²) >= 11 is 5.75. The first kappa shape index (κ1) is 8.89. The summed E-state index contributed by atoms with van der Waals surface area (Å²) in [7, 11) is 0. The van der Waals surface area contributed by atoms with Crippen LogP contribution >= 0.6 is 11.6 Å². The Morgan fingerprint density at radius 2 is 2.29 bits per heavy atom. The third kappa shape index (κ3) is 1.51. The molecule has 0 saturated carbocycles. The molecular formula is C7H5ClN4O2. The van der Waals surface area contributed by atoms with Crippen LogP contribution in [0.25, 0.3) is 11.5 Å². The molecule has 0 aliphatic rings. The molecule has 0 unspecified atom stereocenters. The Morgan fingerprint density at radius 1 is 1.50 bits per heavy atom. The average molecular weight is 213 g/mol. The molecule has 14 heavy (non-hydrogen) atoms. The van der Waals surface area contributed by atoms with E-state index in [2.05, 4.69) is 20.2 Å². The number of H-pyrrole nitrogens is 1. The highest BCUT2D eigenvalue weighted by molar-refractivity contribution is 6.31. The second-order valence-corrected chi connectivity index (χ2v) is 2.92. The van der Waals surface area contributed by atoms with E-state index in [9.17, 15) is 4.79 Å². The Bertz CT molecular complexity index is 518. The Hall–Kier alpha value is -1.69. The van der Waals surface area contributed by atoms with Gasteiger partial charge in [0.25, 0.3) is 5.89 Å². The highest BCUT2D eigenvalue weighted by atomic mass is 35.5. The van der Waals surface area contributed by atoms with Crippen molar-refractivity contribution in [3.8, 4) is 11.5 Å². The van der Waals surface area contributed by atoms with Crippen molar-refractivity contribution < 1.29 is 4.42 Å². The van der Waals surface area contributed by atoms with E-state index in [-0.39, 0.29) is 11.0 Å². The van der Waals surface area contributed by atoms with Crippen molar-refractivity contribution in [1.29, 1.82) is 0 Å². The predicted molar refractivity (Wildman–Crippen MR) is 47.9 cm³/mol. The minimum atomic E-state index is -0.519. The maximum absolute atomic E-state index is 10.8. The van der Waals surface area contributed by atoms with E-state index >= 15 is 0 Å². The van der Waals surface area contributed by atoms with E-state index in [0.29, 0.717) is 11.5 Å². The Kier molecular flexibility index (Phi) is 2.05. The molecule has 0 radical (unpaired) electrons. The van der Waals surface area contributed by atoms with E-state index in [1.807, 2.05) is 0 Å². The van der Waals surface area contributed by atoms with Gasteiger partial charge >= 0.3 is 5.69 Å². The number of aromatic nitrogens is 4. The van der Waals surface area contributed by atoms with Gasteiger partial charge in [-0.05, 0) is 0 Å². The van der Waals surface area contributed by atoms with Gasteiger partial charge in [-0.15, -0.1) is 10.2 Å². The number of aryl methyl sites for hydroxylation is 1. The van der Waals surface area contributed by atoms with Crippen molar-refractivity contribution >= 4 is 11.6 Å². The third-order valence-corrected chi connectivity index (χ3v) is 1.82. The monoisotopic (exact) mass is 212 g/mol. The van der Waals surface area contributed by atoms with Crippen LogP contribution < -0.4 is 5.69 Å². The van der Waals surface area contributed by atoms with Gasteiger partial charge in [-0.2, -0.15) is 0 Å². The van der Waals surface area contributed by atoms with Gasteiger partial charge in [-0.3, -0.25) is 4.98 Å². The fourth-order valence-electron chi connectivity index (χ4n) is 0.928. The van der Waals surface area contributed by atoms with E-state index in [0.717, 1.165) is 0 Å². The topological polar surface area (TPSA) is 84.7 Å².